The van der Waals surface area contributed by atoms with Crippen molar-refractivity contribution in [3.8, 4) is 0 Å². The van der Waals surface area contributed by atoms with E-state index in [-0.39, 0.29) is 0 Å². The van der Waals surface area contributed by atoms with Gasteiger partial charge in [-0.15, -0.1) is 0 Å². The smallest absolute Gasteiger partial charge is 0.0773 e. The van der Waals surface area contributed by atoms with Crippen LogP contribution in [0.5, 0.6) is 0 Å². The molecular formula is C29H20N2. The van der Waals surface area contributed by atoms with Gasteiger partial charge in [0.15, 0.2) is 0 Å². The van der Waals surface area contributed by atoms with Crippen molar-refractivity contribution in [3.63, 3.8) is 0 Å². The van der Waals surface area contributed by atoms with E-state index in [1.165, 1.54) is 60.0 Å². The number of benzene rings is 4. The first-order chi connectivity index (χ1) is 15.4. The molecule has 0 spiro atoms. The van der Waals surface area contributed by atoms with Gasteiger partial charge in [-0.2, -0.15) is 0 Å². The molecule has 0 amide bonds. The standard InChI is InChI=1S/C29H20N2/c1-3-10-23-21(8-1)22-9-2-4-11-24(22)28-26(23)25-13-12-19-14-15-30-20-7-5-6-18(16-20)17-31(28)29(25)27(19)30/h1-5,7-16,18H,6,17H2. The van der Waals surface area contributed by atoms with E-state index in [0.717, 1.165) is 13.0 Å². The van der Waals surface area contributed by atoms with Crippen molar-refractivity contribution in [3.05, 3.63) is 91.2 Å². The third-order valence-corrected chi connectivity index (χ3v) is 7.37. The van der Waals surface area contributed by atoms with Gasteiger partial charge < -0.3 is 9.13 Å². The van der Waals surface area contributed by atoms with E-state index in [1.807, 2.05) is 0 Å². The molecule has 4 aromatic carbocycles. The maximum Gasteiger partial charge on any atom is 0.0773 e. The van der Waals surface area contributed by atoms with E-state index in [4.69, 9.17) is 0 Å². The summed E-state index contributed by atoms with van der Waals surface area (Å²) in [5.41, 5.74) is 5.41. The van der Waals surface area contributed by atoms with Gasteiger partial charge in [-0.1, -0.05) is 72.8 Å². The molecule has 146 valence electrons. The number of hydrogen-bond donors (Lipinski definition) is 0. The fourth-order valence-electron chi connectivity index (χ4n) is 6.12. The van der Waals surface area contributed by atoms with Gasteiger partial charge in [0.25, 0.3) is 0 Å². The Morgan fingerprint density at radius 3 is 2.32 bits per heavy atom. The topological polar surface area (TPSA) is 9.86 Å². The molecule has 2 aromatic heterocycles. The summed E-state index contributed by atoms with van der Waals surface area (Å²) in [4.78, 5) is 0. The fraction of sp³-hybridized carbons (Fsp3) is 0.103. The SMILES string of the molecule is C1=CC2=CC(C1)Cn1c3c4ccccc4c4ccccc4c3c3ccc4ccn2c4c31. The zero-order valence-corrected chi connectivity index (χ0v) is 17.0. The van der Waals surface area contributed by atoms with Gasteiger partial charge in [0.1, 0.15) is 0 Å². The summed E-state index contributed by atoms with van der Waals surface area (Å²) in [5, 5.41) is 9.48. The third-order valence-electron chi connectivity index (χ3n) is 7.37. The molecule has 31 heavy (non-hydrogen) atoms. The maximum atomic E-state index is 2.63. The molecule has 2 aliphatic rings. The Balaban J connectivity index is 1.74. The lowest BCUT2D eigenvalue weighted by atomic mass is 9.96. The highest BCUT2D eigenvalue weighted by Crippen LogP contribution is 2.44. The molecule has 6 aromatic rings. The molecule has 0 saturated carbocycles. The summed E-state index contributed by atoms with van der Waals surface area (Å²) < 4.78 is 5.04. The van der Waals surface area contributed by atoms with Crippen molar-refractivity contribution in [1.82, 2.24) is 9.13 Å². The van der Waals surface area contributed by atoms with Crippen LogP contribution >= 0.6 is 0 Å². The van der Waals surface area contributed by atoms with Gasteiger partial charge in [0.05, 0.1) is 16.6 Å². The number of rotatable bonds is 0. The third kappa shape index (κ3) is 1.89. The highest BCUT2D eigenvalue weighted by molar-refractivity contribution is 6.33. The first-order valence-corrected chi connectivity index (χ1v) is 11.1. The van der Waals surface area contributed by atoms with E-state index in [9.17, 15) is 0 Å². The molecule has 2 bridgehead atoms. The summed E-state index contributed by atoms with van der Waals surface area (Å²) >= 11 is 0. The first-order valence-electron chi connectivity index (χ1n) is 11.1. The van der Waals surface area contributed by atoms with Crippen molar-refractivity contribution in [2.45, 2.75) is 13.0 Å². The van der Waals surface area contributed by atoms with Gasteiger partial charge >= 0.3 is 0 Å². The molecule has 0 saturated heterocycles. The van der Waals surface area contributed by atoms with Crippen LogP contribution in [0.25, 0.3) is 60.0 Å². The molecule has 1 unspecified atom stereocenters. The summed E-state index contributed by atoms with van der Waals surface area (Å²) in [6, 6.07) is 24.8. The minimum absolute atomic E-state index is 0.509. The van der Waals surface area contributed by atoms with Crippen LogP contribution in [-0.2, 0) is 6.54 Å². The van der Waals surface area contributed by atoms with Crippen LogP contribution in [0.1, 0.15) is 6.42 Å². The van der Waals surface area contributed by atoms with E-state index < -0.39 is 0 Å². The highest BCUT2D eigenvalue weighted by atomic mass is 15.0. The van der Waals surface area contributed by atoms with Crippen LogP contribution in [-0.4, -0.2) is 9.13 Å². The second-order valence-corrected chi connectivity index (χ2v) is 9.00. The number of hydrogen-bond acceptors (Lipinski definition) is 0. The normalized spacial score (nSPS) is 17.8. The molecule has 0 N–H and O–H groups in total. The van der Waals surface area contributed by atoms with Gasteiger partial charge in [-0.3, -0.25) is 0 Å². The molecule has 0 fully saturated rings. The van der Waals surface area contributed by atoms with Crippen LogP contribution in [0.4, 0.5) is 0 Å². The maximum absolute atomic E-state index is 2.63. The summed E-state index contributed by atoms with van der Waals surface area (Å²) in [6.45, 7) is 1.01. The number of aromatic nitrogens is 2. The average molecular weight is 396 g/mol. The zero-order chi connectivity index (χ0) is 20.1. The number of fused-ring (bicyclic) bond motifs is 10. The number of allylic oxidation sites excluding steroid dienone is 4. The Morgan fingerprint density at radius 1 is 0.677 bits per heavy atom. The number of nitrogens with zero attached hydrogens (tertiary/aromatic N) is 2. The largest absolute Gasteiger partial charge is 0.338 e. The van der Waals surface area contributed by atoms with E-state index >= 15 is 0 Å². The molecule has 3 heterocycles. The Labute approximate surface area is 179 Å². The summed E-state index contributed by atoms with van der Waals surface area (Å²) in [7, 11) is 0. The van der Waals surface area contributed by atoms with E-state index in [1.54, 1.807) is 0 Å². The van der Waals surface area contributed by atoms with Gasteiger partial charge in [-0.05, 0) is 34.7 Å². The minimum Gasteiger partial charge on any atom is -0.338 e. The van der Waals surface area contributed by atoms with Crippen molar-refractivity contribution >= 4 is 60.0 Å². The van der Waals surface area contributed by atoms with Crippen LogP contribution < -0.4 is 0 Å². The first kappa shape index (κ1) is 16.0. The molecule has 0 radical (unpaired) electrons. The van der Waals surface area contributed by atoms with E-state index in [2.05, 4.69) is 100 Å². The van der Waals surface area contributed by atoms with Crippen LogP contribution in [0, 0.1) is 5.92 Å². The Kier molecular flexibility index (Phi) is 2.82. The predicted molar refractivity (Wildman–Crippen MR) is 131 cm³/mol. The average Bonchev–Trinajstić information content (AvgIpc) is 3.38. The molecule has 1 aliphatic carbocycles. The summed E-state index contributed by atoms with van der Waals surface area (Å²) in [6.07, 6.45) is 10.4. The highest BCUT2D eigenvalue weighted by Gasteiger charge is 2.25. The predicted octanol–water partition coefficient (Wildman–Crippen LogP) is 7.49. The Hall–Kier alpha value is -3.78. The quantitative estimate of drug-likeness (QED) is 0.235. The lowest BCUT2D eigenvalue weighted by molar-refractivity contribution is 0.553. The monoisotopic (exact) mass is 396 g/mol. The van der Waals surface area contributed by atoms with Crippen LogP contribution in [0.2, 0.25) is 0 Å². The lowest BCUT2D eigenvalue weighted by Gasteiger charge is -2.23. The molecule has 8 rings (SSSR count). The van der Waals surface area contributed by atoms with Crippen molar-refractivity contribution < 1.29 is 0 Å². The van der Waals surface area contributed by atoms with Crippen LogP contribution in [0.3, 0.4) is 0 Å². The van der Waals surface area contributed by atoms with Gasteiger partial charge in [0, 0.05) is 45.9 Å². The Bertz CT molecular complexity index is 1790. The molecule has 2 nitrogen and oxygen atoms in total. The molecular weight excluding hydrogens is 376 g/mol. The molecule has 1 atom stereocenters. The van der Waals surface area contributed by atoms with Crippen LogP contribution in [0.15, 0.2) is 91.2 Å². The molecule has 2 heteroatoms. The van der Waals surface area contributed by atoms with E-state index in [0.29, 0.717) is 5.92 Å². The van der Waals surface area contributed by atoms with Gasteiger partial charge in [-0.25, -0.2) is 0 Å². The second kappa shape index (κ2) is 5.47. The van der Waals surface area contributed by atoms with Crippen molar-refractivity contribution in [1.29, 1.82) is 0 Å². The van der Waals surface area contributed by atoms with Crippen molar-refractivity contribution in [2.24, 2.45) is 5.92 Å². The fourth-order valence-corrected chi connectivity index (χ4v) is 6.12. The Morgan fingerprint density at radius 2 is 1.45 bits per heavy atom. The minimum atomic E-state index is 0.509. The second-order valence-electron chi connectivity index (χ2n) is 9.00. The summed E-state index contributed by atoms with van der Waals surface area (Å²) in [5.74, 6) is 0.509. The molecule has 1 aliphatic heterocycles. The van der Waals surface area contributed by atoms with Crippen molar-refractivity contribution in [2.75, 3.05) is 0 Å². The zero-order valence-electron chi connectivity index (χ0n) is 17.0. The van der Waals surface area contributed by atoms with Gasteiger partial charge in [0.2, 0.25) is 0 Å². The lowest BCUT2D eigenvalue weighted by Crippen LogP contribution is -2.14.